The molecule has 200 valence electrons. The van der Waals surface area contributed by atoms with Crippen LogP contribution in [0, 0.1) is 0 Å². The summed E-state index contributed by atoms with van der Waals surface area (Å²) < 4.78 is 0. The van der Waals surface area contributed by atoms with Gasteiger partial charge in [-0.1, -0.05) is 105 Å². The Morgan fingerprint density at radius 2 is 1.02 bits per heavy atom. The van der Waals surface area contributed by atoms with Crippen LogP contribution in [-0.4, -0.2) is 0 Å². The Morgan fingerprint density at radius 1 is 0.500 bits per heavy atom. The third-order valence-electron chi connectivity index (χ3n) is 8.23. The van der Waals surface area contributed by atoms with E-state index < -0.39 is 0 Å². The smallest absolute Gasteiger partial charge is 0.0503 e. The second-order valence-corrected chi connectivity index (χ2v) is 12.3. The van der Waals surface area contributed by atoms with Crippen molar-refractivity contribution in [1.82, 2.24) is 0 Å². The number of para-hydroxylation sites is 3. The molecular weight excluding hydrogens is 531 g/mol. The average Bonchev–Trinajstić information content (AvgIpc) is 2.95. The summed E-state index contributed by atoms with van der Waals surface area (Å²) in [7, 11) is 0. The summed E-state index contributed by atoms with van der Waals surface area (Å²) in [5.74, 6) is 0. The van der Waals surface area contributed by atoms with Gasteiger partial charge < -0.3 is 10.2 Å². The highest BCUT2D eigenvalue weighted by molar-refractivity contribution is 6.31. The third-order valence-corrected chi connectivity index (χ3v) is 8.70. The molecule has 1 N–H and O–H groups in total. The van der Waals surface area contributed by atoms with Crippen LogP contribution in [0.3, 0.4) is 0 Å². The van der Waals surface area contributed by atoms with Gasteiger partial charge in [0.15, 0.2) is 0 Å². The lowest BCUT2D eigenvalue weighted by Gasteiger charge is -2.42. The Morgan fingerprint density at radius 3 is 1.77 bits per heavy atom. The van der Waals surface area contributed by atoms with Crippen LogP contribution < -0.4 is 10.2 Å². The van der Waals surface area contributed by atoms with Gasteiger partial charge >= 0.3 is 0 Å². The summed E-state index contributed by atoms with van der Waals surface area (Å²) >= 11 is 12.4. The molecule has 4 heteroatoms. The van der Waals surface area contributed by atoms with Crippen LogP contribution >= 0.6 is 23.2 Å². The van der Waals surface area contributed by atoms with Crippen molar-refractivity contribution >= 4 is 51.6 Å². The zero-order chi connectivity index (χ0) is 28.1. The summed E-state index contributed by atoms with van der Waals surface area (Å²) in [6, 6.07) is 39.8. The largest absolute Gasteiger partial charge is 0.355 e. The molecule has 7 rings (SSSR count). The Hall–Kier alpha value is -3.72. The van der Waals surface area contributed by atoms with Gasteiger partial charge in [-0.3, -0.25) is 0 Å². The lowest BCUT2D eigenvalue weighted by atomic mass is 9.73. The second-order valence-electron chi connectivity index (χ2n) is 11.5. The van der Waals surface area contributed by atoms with Crippen LogP contribution in [0.4, 0.5) is 28.4 Å². The summed E-state index contributed by atoms with van der Waals surface area (Å²) in [5, 5.41) is 5.04. The minimum atomic E-state index is -0.0812. The molecule has 2 heterocycles. The van der Waals surface area contributed by atoms with E-state index in [2.05, 4.69) is 135 Å². The quantitative estimate of drug-likeness (QED) is 0.218. The van der Waals surface area contributed by atoms with E-state index in [-0.39, 0.29) is 10.8 Å². The van der Waals surface area contributed by atoms with Crippen molar-refractivity contribution in [1.29, 1.82) is 0 Å². The first-order valence-electron chi connectivity index (χ1n) is 13.6. The number of fused-ring (bicyclic) bond motifs is 4. The number of nitrogens with zero attached hydrogens (tertiary/aromatic N) is 1. The van der Waals surface area contributed by atoms with E-state index in [9.17, 15) is 0 Å². The topological polar surface area (TPSA) is 15.3 Å². The maximum atomic E-state index is 6.31. The molecule has 0 amide bonds. The van der Waals surface area contributed by atoms with Gasteiger partial charge in [0.2, 0.25) is 0 Å². The fraction of sp³-hybridized carbons (Fsp3) is 0.167. The van der Waals surface area contributed by atoms with Gasteiger partial charge in [0.1, 0.15) is 0 Å². The van der Waals surface area contributed by atoms with Crippen LogP contribution in [0.25, 0.3) is 0 Å². The molecule has 0 fully saturated rings. The first kappa shape index (κ1) is 26.5. The molecule has 5 aromatic rings. The highest BCUT2D eigenvalue weighted by Gasteiger charge is 2.36. The molecule has 0 saturated heterocycles. The third kappa shape index (κ3) is 4.46. The highest BCUT2D eigenvalue weighted by atomic mass is 35.5. The average molecular weight is 564 g/mol. The fourth-order valence-corrected chi connectivity index (χ4v) is 6.45. The number of rotatable bonds is 1. The van der Waals surface area contributed by atoms with Crippen LogP contribution in [0.2, 0.25) is 10.0 Å². The van der Waals surface area contributed by atoms with Gasteiger partial charge in [0, 0.05) is 37.9 Å². The fourth-order valence-electron chi connectivity index (χ4n) is 6.10. The van der Waals surface area contributed by atoms with E-state index in [1.54, 1.807) is 0 Å². The van der Waals surface area contributed by atoms with Crippen molar-refractivity contribution in [2.24, 2.45) is 0 Å². The normalized spacial score (nSPS) is 15.3. The maximum absolute atomic E-state index is 6.31. The second kappa shape index (κ2) is 10.0. The predicted molar refractivity (Wildman–Crippen MR) is 172 cm³/mol. The monoisotopic (exact) mass is 562 g/mol. The number of nitrogens with one attached hydrogen (secondary N) is 1. The van der Waals surface area contributed by atoms with Gasteiger partial charge in [0.25, 0.3) is 0 Å². The molecule has 0 bridgehead atoms. The summed E-state index contributed by atoms with van der Waals surface area (Å²) in [4.78, 5) is 2.33. The molecule has 0 spiro atoms. The van der Waals surface area contributed by atoms with Gasteiger partial charge in [-0.15, -0.1) is 0 Å². The Kier molecular flexibility index (Phi) is 6.65. The van der Waals surface area contributed by atoms with Crippen LogP contribution in [0.15, 0.2) is 115 Å². The lowest BCUT2D eigenvalue weighted by molar-refractivity contribution is 0.632. The zero-order valence-corrected chi connectivity index (χ0v) is 24.7. The zero-order valence-electron chi connectivity index (χ0n) is 23.2. The molecule has 0 radical (unpaired) electrons. The van der Waals surface area contributed by atoms with Gasteiger partial charge in [-0.25, -0.2) is 0 Å². The van der Waals surface area contributed by atoms with Crippen molar-refractivity contribution in [3.05, 3.63) is 148 Å². The predicted octanol–water partition coefficient (Wildman–Crippen LogP) is 11.2. The van der Waals surface area contributed by atoms with Crippen molar-refractivity contribution in [2.45, 2.75) is 38.5 Å². The molecular formula is C36H32Cl2N2. The van der Waals surface area contributed by atoms with E-state index in [1.165, 1.54) is 45.0 Å². The SMILES string of the molecule is CC1(C)c2ccccc2N(c2ccccc2)c2ccc(Cl)cc21.CC1(C)c2ccccc2Nc2ccc(Cl)cc21. The molecule has 0 aliphatic carbocycles. The van der Waals surface area contributed by atoms with Gasteiger partial charge in [-0.2, -0.15) is 0 Å². The number of hydrogen-bond acceptors (Lipinski definition) is 2. The summed E-state index contributed by atoms with van der Waals surface area (Å²) in [6.07, 6.45) is 0. The van der Waals surface area contributed by atoms with E-state index in [4.69, 9.17) is 23.2 Å². The Labute approximate surface area is 247 Å². The van der Waals surface area contributed by atoms with Gasteiger partial charge in [-0.05, 0) is 82.9 Å². The summed E-state index contributed by atoms with van der Waals surface area (Å²) in [5.41, 5.74) is 11.0. The van der Waals surface area contributed by atoms with Crippen LogP contribution in [0.5, 0.6) is 0 Å². The first-order chi connectivity index (χ1) is 19.2. The molecule has 40 heavy (non-hydrogen) atoms. The lowest BCUT2D eigenvalue weighted by Crippen LogP contribution is -2.30. The van der Waals surface area contributed by atoms with Crippen LogP contribution in [-0.2, 0) is 10.8 Å². The number of anilines is 5. The van der Waals surface area contributed by atoms with Crippen molar-refractivity contribution in [2.75, 3.05) is 10.2 Å². The van der Waals surface area contributed by atoms with Crippen molar-refractivity contribution in [3.63, 3.8) is 0 Å². The first-order valence-corrected chi connectivity index (χ1v) is 14.3. The van der Waals surface area contributed by atoms with E-state index in [0.29, 0.717) is 0 Å². The number of hydrogen-bond donors (Lipinski definition) is 1. The maximum Gasteiger partial charge on any atom is 0.0503 e. The molecule has 0 atom stereocenters. The van der Waals surface area contributed by atoms with E-state index in [1.807, 2.05) is 18.2 Å². The van der Waals surface area contributed by atoms with E-state index in [0.717, 1.165) is 15.7 Å². The molecule has 2 aliphatic heterocycles. The minimum Gasteiger partial charge on any atom is -0.355 e. The minimum absolute atomic E-state index is 0.0118. The van der Waals surface area contributed by atoms with Crippen LogP contribution in [0.1, 0.15) is 49.9 Å². The highest BCUT2D eigenvalue weighted by Crippen LogP contribution is 2.52. The summed E-state index contributed by atoms with van der Waals surface area (Å²) in [6.45, 7) is 9.01. The van der Waals surface area contributed by atoms with E-state index >= 15 is 0 Å². The molecule has 5 aromatic carbocycles. The Bertz CT molecular complexity index is 1710. The molecule has 2 nitrogen and oxygen atoms in total. The molecule has 0 unspecified atom stereocenters. The van der Waals surface area contributed by atoms with Crippen molar-refractivity contribution in [3.8, 4) is 0 Å². The molecule has 0 aromatic heterocycles. The Balaban J connectivity index is 0.000000151. The van der Waals surface area contributed by atoms with Gasteiger partial charge in [0.05, 0.1) is 11.4 Å². The number of benzene rings is 5. The molecule has 2 aliphatic rings. The molecule has 0 saturated carbocycles. The standard InChI is InChI=1S/C21H18ClN.C15H14ClN/c1-21(2)17-10-6-7-11-19(17)23(16-8-4-3-5-9-16)20-13-12-15(22)14-18(20)21;1-15(2)11-5-3-4-6-13(11)17-14-8-7-10(16)9-12(14)15/h3-14H,1-2H3;3-9,17H,1-2H3. The number of halogens is 2. The van der Waals surface area contributed by atoms with Crippen molar-refractivity contribution < 1.29 is 0 Å².